The molecule has 10 heteroatoms. The van der Waals surface area contributed by atoms with Crippen molar-refractivity contribution in [3.05, 3.63) is 93.3 Å². The van der Waals surface area contributed by atoms with Crippen LogP contribution in [0.25, 0.3) is 6.08 Å². The van der Waals surface area contributed by atoms with Gasteiger partial charge in [0.25, 0.3) is 11.8 Å². The molecule has 1 aliphatic rings. The number of nitrogens with zero attached hydrogens (tertiary/aromatic N) is 1. The third-order valence-electron chi connectivity index (χ3n) is 5.21. The fraction of sp³-hybridized carbons (Fsp3) is 0.148. The summed E-state index contributed by atoms with van der Waals surface area (Å²) < 4.78 is 17.0. The van der Waals surface area contributed by atoms with Gasteiger partial charge in [0.15, 0.2) is 15.8 Å². The van der Waals surface area contributed by atoms with Gasteiger partial charge in [-0.2, -0.15) is 5.01 Å². The van der Waals surface area contributed by atoms with Crippen molar-refractivity contribution in [1.29, 1.82) is 0 Å². The zero-order valence-corrected chi connectivity index (χ0v) is 22.4. The van der Waals surface area contributed by atoms with E-state index in [1.807, 2.05) is 37.3 Å². The molecule has 2 amide bonds. The molecule has 190 valence electrons. The molecule has 1 fully saturated rings. The van der Waals surface area contributed by atoms with Crippen LogP contribution in [0.5, 0.6) is 17.2 Å². The van der Waals surface area contributed by atoms with E-state index in [4.69, 9.17) is 38.0 Å². The summed E-state index contributed by atoms with van der Waals surface area (Å²) in [5, 5.41) is 1.40. The molecule has 0 atom stereocenters. The summed E-state index contributed by atoms with van der Waals surface area (Å²) in [6.45, 7) is 2.59. The Bertz CT molecular complexity index is 1350. The van der Waals surface area contributed by atoms with Gasteiger partial charge in [-0.3, -0.25) is 15.0 Å². The van der Waals surface area contributed by atoms with Crippen LogP contribution in [0, 0.1) is 0 Å². The molecule has 0 bridgehead atoms. The van der Waals surface area contributed by atoms with E-state index in [2.05, 4.69) is 5.43 Å². The quantitative estimate of drug-likeness (QED) is 0.262. The van der Waals surface area contributed by atoms with E-state index in [0.29, 0.717) is 51.5 Å². The molecule has 3 aromatic rings. The standard InChI is InChI=1S/C27H23ClN2O5S2/c1-3-34-22-14-18(13-21(28)24(22)35-16-17-7-5-4-6-8-17)15-23-26(32)30(27(36)37-23)29-25(31)19-9-11-20(33-2)12-10-19/h4-15H,3,16H2,1-2H3,(H,29,31)/b23-15-. The first-order chi connectivity index (χ1) is 17.9. The van der Waals surface area contributed by atoms with Crippen LogP contribution in [0.2, 0.25) is 5.02 Å². The maximum atomic E-state index is 13.0. The van der Waals surface area contributed by atoms with Crippen molar-refractivity contribution in [1.82, 2.24) is 10.4 Å². The van der Waals surface area contributed by atoms with Gasteiger partial charge in [0.05, 0.1) is 23.6 Å². The number of ether oxygens (including phenoxy) is 3. The molecule has 4 rings (SSSR count). The lowest BCUT2D eigenvalue weighted by Gasteiger charge is -2.16. The van der Waals surface area contributed by atoms with E-state index >= 15 is 0 Å². The summed E-state index contributed by atoms with van der Waals surface area (Å²) >= 11 is 13.0. The number of hydrogen-bond donors (Lipinski definition) is 1. The highest BCUT2D eigenvalue weighted by molar-refractivity contribution is 8.26. The molecule has 0 aromatic heterocycles. The minimum absolute atomic E-state index is 0.206. The first-order valence-electron chi connectivity index (χ1n) is 11.3. The lowest BCUT2D eigenvalue weighted by Crippen LogP contribution is -2.44. The predicted molar refractivity (Wildman–Crippen MR) is 149 cm³/mol. The van der Waals surface area contributed by atoms with Crippen LogP contribution in [-0.4, -0.2) is 34.9 Å². The number of nitrogens with one attached hydrogen (secondary N) is 1. The van der Waals surface area contributed by atoms with E-state index in [1.165, 1.54) is 7.11 Å². The number of halogens is 1. The van der Waals surface area contributed by atoms with Crippen molar-refractivity contribution < 1.29 is 23.8 Å². The minimum atomic E-state index is -0.471. The monoisotopic (exact) mass is 554 g/mol. The van der Waals surface area contributed by atoms with E-state index < -0.39 is 11.8 Å². The first kappa shape index (κ1) is 26.5. The van der Waals surface area contributed by atoms with E-state index in [0.717, 1.165) is 22.3 Å². The topological polar surface area (TPSA) is 77.1 Å². The fourth-order valence-corrected chi connectivity index (χ4v) is 4.88. The summed E-state index contributed by atoms with van der Waals surface area (Å²) in [4.78, 5) is 26.0. The third kappa shape index (κ3) is 6.43. The van der Waals surface area contributed by atoms with E-state index in [9.17, 15) is 9.59 Å². The molecule has 7 nitrogen and oxygen atoms in total. The van der Waals surface area contributed by atoms with Crippen LogP contribution < -0.4 is 19.6 Å². The normalized spacial score (nSPS) is 14.1. The Balaban J connectivity index is 1.51. The largest absolute Gasteiger partial charge is 0.497 e. The van der Waals surface area contributed by atoms with Gasteiger partial charge in [-0.25, -0.2) is 0 Å². The lowest BCUT2D eigenvalue weighted by atomic mass is 10.1. The fourth-order valence-electron chi connectivity index (χ4n) is 3.43. The minimum Gasteiger partial charge on any atom is -0.497 e. The smallest absolute Gasteiger partial charge is 0.285 e. The Morgan fingerprint density at radius 1 is 1.11 bits per heavy atom. The molecule has 0 spiro atoms. The van der Waals surface area contributed by atoms with Gasteiger partial charge >= 0.3 is 0 Å². The molecule has 37 heavy (non-hydrogen) atoms. The molecule has 0 unspecified atom stereocenters. The SMILES string of the molecule is CCOc1cc(/C=C2\SC(=S)N(NC(=O)c3ccc(OC)cc3)C2=O)cc(Cl)c1OCc1ccccc1. The van der Waals surface area contributed by atoms with Crippen LogP contribution in [-0.2, 0) is 11.4 Å². The number of methoxy groups -OCH3 is 1. The highest BCUT2D eigenvalue weighted by atomic mass is 35.5. The second-order valence-corrected chi connectivity index (χ2v) is 9.81. The number of rotatable bonds is 9. The zero-order chi connectivity index (χ0) is 26.4. The highest BCUT2D eigenvalue weighted by Crippen LogP contribution is 2.39. The third-order valence-corrected chi connectivity index (χ3v) is 6.80. The van der Waals surface area contributed by atoms with Crippen LogP contribution in [0.1, 0.15) is 28.4 Å². The number of carbonyl (C=O) groups is 2. The van der Waals surface area contributed by atoms with Crippen LogP contribution in [0.4, 0.5) is 0 Å². The molecule has 1 N–H and O–H groups in total. The van der Waals surface area contributed by atoms with Gasteiger partial charge in [0.2, 0.25) is 0 Å². The first-order valence-corrected chi connectivity index (χ1v) is 12.9. The average Bonchev–Trinajstić information content (AvgIpc) is 3.16. The lowest BCUT2D eigenvalue weighted by molar-refractivity contribution is -0.123. The summed E-state index contributed by atoms with van der Waals surface area (Å²) in [6.07, 6.45) is 1.65. The maximum absolute atomic E-state index is 13.0. The van der Waals surface area contributed by atoms with E-state index in [-0.39, 0.29) is 4.32 Å². The summed E-state index contributed by atoms with van der Waals surface area (Å²) in [5.41, 5.74) is 4.54. The number of amides is 2. The van der Waals surface area contributed by atoms with Crippen LogP contribution >= 0.6 is 35.6 Å². The number of hydrazine groups is 1. The van der Waals surface area contributed by atoms with Gasteiger partial charge < -0.3 is 14.2 Å². The van der Waals surface area contributed by atoms with Gasteiger partial charge in [0, 0.05) is 5.56 Å². The van der Waals surface area contributed by atoms with Crippen molar-refractivity contribution in [2.45, 2.75) is 13.5 Å². The molecular formula is C27H23ClN2O5S2. The Morgan fingerprint density at radius 2 is 1.84 bits per heavy atom. The number of carbonyl (C=O) groups excluding carboxylic acids is 2. The Kier molecular flexibility index (Phi) is 8.70. The Labute approximate surface area is 229 Å². The second kappa shape index (κ2) is 12.1. The Morgan fingerprint density at radius 3 is 2.51 bits per heavy atom. The number of thiocarbonyl (C=S) groups is 1. The summed E-state index contributed by atoms with van der Waals surface area (Å²) in [6, 6.07) is 19.7. The van der Waals surface area contributed by atoms with Crippen molar-refractivity contribution in [3.8, 4) is 17.2 Å². The van der Waals surface area contributed by atoms with Gasteiger partial charge in [0.1, 0.15) is 12.4 Å². The van der Waals surface area contributed by atoms with Crippen molar-refractivity contribution in [3.63, 3.8) is 0 Å². The van der Waals surface area contributed by atoms with Gasteiger partial charge in [-0.1, -0.05) is 53.7 Å². The van der Waals surface area contributed by atoms with Gasteiger partial charge in [-0.15, -0.1) is 0 Å². The van der Waals surface area contributed by atoms with Crippen molar-refractivity contribution >= 4 is 57.8 Å². The Hall–Kier alpha value is -3.53. The molecule has 1 heterocycles. The summed E-state index contributed by atoms with van der Waals surface area (Å²) in [7, 11) is 1.54. The highest BCUT2D eigenvalue weighted by Gasteiger charge is 2.34. The maximum Gasteiger partial charge on any atom is 0.285 e. The number of thioether (sulfide) groups is 1. The summed E-state index contributed by atoms with van der Waals surface area (Å²) in [5.74, 6) is 0.577. The van der Waals surface area contributed by atoms with Crippen LogP contribution in [0.3, 0.4) is 0 Å². The molecule has 0 saturated carbocycles. The van der Waals surface area contributed by atoms with Crippen LogP contribution in [0.15, 0.2) is 71.6 Å². The predicted octanol–water partition coefficient (Wildman–Crippen LogP) is 5.87. The zero-order valence-electron chi connectivity index (χ0n) is 20.0. The molecule has 1 aliphatic heterocycles. The molecule has 0 radical (unpaired) electrons. The second-order valence-electron chi connectivity index (χ2n) is 7.72. The van der Waals surface area contributed by atoms with Crippen molar-refractivity contribution in [2.24, 2.45) is 0 Å². The number of hydrogen-bond acceptors (Lipinski definition) is 7. The molecule has 1 saturated heterocycles. The average molecular weight is 555 g/mol. The molecule has 0 aliphatic carbocycles. The molecule has 3 aromatic carbocycles. The van der Waals surface area contributed by atoms with Gasteiger partial charge in [-0.05, 0) is 72.7 Å². The number of benzene rings is 3. The van der Waals surface area contributed by atoms with E-state index in [1.54, 1.807) is 42.5 Å². The van der Waals surface area contributed by atoms with Crippen molar-refractivity contribution in [2.75, 3.05) is 13.7 Å². The molecular weight excluding hydrogens is 532 g/mol.